The Morgan fingerprint density at radius 1 is 1.17 bits per heavy atom. The second-order valence-electron chi connectivity index (χ2n) is 6.36. The number of nitrogens with one attached hydrogen (secondary N) is 2. The van der Waals surface area contributed by atoms with E-state index in [1.165, 1.54) is 16.2 Å². The van der Waals surface area contributed by atoms with Gasteiger partial charge in [-0.3, -0.25) is 14.5 Å². The Morgan fingerprint density at radius 2 is 1.93 bits per heavy atom. The monoisotopic (exact) mass is 429 g/mol. The zero-order valence-electron chi connectivity index (χ0n) is 15.1. The van der Waals surface area contributed by atoms with Crippen molar-refractivity contribution in [3.8, 4) is 5.69 Å². The fourth-order valence-electron chi connectivity index (χ4n) is 2.88. The van der Waals surface area contributed by atoms with Crippen LogP contribution >= 0.6 is 22.9 Å². The van der Waals surface area contributed by atoms with Gasteiger partial charge >= 0.3 is 6.03 Å². The molecule has 3 amide bonds. The predicted molar refractivity (Wildman–Crippen MR) is 110 cm³/mol. The smallest absolute Gasteiger partial charge is 0.322 e. The van der Waals surface area contributed by atoms with Gasteiger partial charge < -0.3 is 15.2 Å². The fraction of sp³-hybridized carbons (Fsp3) is 0.158. The zero-order valence-corrected chi connectivity index (χ0v) is 16.7. The predicted octanol–water partition coefficient (Wildman–Crippen LogP) is 2.62. The highest BCUT2D eigenvalue weighted by Gasteiger charge is 2.24. The number of benzene rings is 1. The number of hydrogen-bond donors (Lipinski definition) is 2. The van der Waals surface area contributed by atoms with E-state index in [9.17, 15) is 14.4 Å². The Kier molecular flexibility index (Phi) is 5.32. The molecule has 29 heavy (non-hydrogen) atoms. The summed E-state index contributed by atoms with van der Waals surface area (Å²) in [5.74, 6) is -0.241. The maximum atomic E-state index is 12.1. The zero-order chi connectivity index (χ0) is 20.4. The highest BCUT2D eigenvalue weighted by Crippen LogP contribution is 2.21. The van der Waals surface area contributed by atoms with Crippen molar-refractivity contribution in [2.45, 2.75) is 6.54 Å². The van der Waals surface area contributed by atoms with Gasteiger partial charge in [0.25, 0.3) is 5.91 Å². The molecular formula is C19H16ClN5O3S. The van der Waals surface area contributed by atoms with Crippen molar-refractivity contribution in [3.05, 3.63) is 63.8 Å². The number of amides is 3. The first-order valence-electron chi connectivity index (χ1n) is 8.73. The molecule has 0 aliphatic carbocycles. The average Bonchev–Trinajstić information content (AvgIpc) is 3.37. The van der Waals surface area contributed by atoms with Crippen LogP contribution in [0, 0.1) is 0 Å². The van der Waals surface area contributed by atoms with Crippen molar-refractivity contribution < 1.29 is 14.4 Å². The molecule has 148 valence electrons. The minimum Gasteiger partial charge on any atom is -0.346 e. The quantitative estimate of drug-likeness (QED) is 0.651. The summed E-state index contributed by atoms with van der Waals surface area (Å²) in [5, 5.41) is 5.36. The van der Waals surface area contributed by atoms with Gasteiger partial charge in [0.1, 0.15) is 0 Å². The Balaban J connectivity index is 1.40. The summed E-state index contributed by atoms with van der Waals surface area (Å²) in [5.41, 5.74) is 2.18. The first kappa shape index (κ1) is 19.2. The van der Waals surface area contributed by atoms with E-state index in [0.717, 1.165) is 5.69 Å². The van der Waals surface area contributed by atoms with Crippen molar-refractivity contribution in [2.75, 3.05) is 18.0 Å². The number of carbonyl (C=O) groups excluding carboxylic acids is 3. The third-order valence-corrected chi connectivity index (χ3v) is 5.57. The summed E-state index contributed by atoms with van der Waals surface area (Å²) in [6.45, 7) is 0.423. The molecule has 1 saturated heterocycles. The summed E-state index contributed by atoms with van der Waals surface area (Å²) in [4.78, 5) is 41.9. The van der Waals surface area contributed by atoms with E-state index in [0.29, 0.717) is 20.6 Å². The molecule has 0 unspecified atom stereocenters. The van der Waals surface area contributed by atoms with Crippen LogP contribution in [0.4, 0.5) is 10.5 Å². The molecule has 10 heteroatoms. The van der Waals surface area contributed by atoms with Gasteiger partial charge in [-0.05, 0) is 36.4 Å². The molecule has 3 aromatic rings. The molecular weight excluding hydrogens is 414 g/mol. The Labute approximate surface area is 175 Å². The van der Waals surface area contributed by atoms with Crippen molar-refractivity contribution in [1.29, 1.82) is 0 Å². The number of aromatic nitrogens is 2. The van der Waals surface area contributed by atoms with Gasteiger partial charge in [0.05, 0.1) is 40.9 Å². The molecule has 2 aromatic heterocycles. The highest BCUT2D eigenvalue weighted by atomic mass is 35.5. The normalized spacial score (nSPS) is 14.0. The van der Waals surface area contributed by atoms with Crippen LogP contribution in [0.2, 0.25) is 4.34 Å². The van der Waals surface area contributed by atoms with Crippen LogP contribution in [-0.2, 0) is 11.3 Å². The van der Waals surface area contributed by atoms with Gasteiger partial charge in [0.15, 0.2) is 5.78 Å². The van der Waals surface area contributed by atoms with E-state index in [1.54, 1.807) is 30.6 Å². The Morgan fingerprint density at radius 3 is 2.66 bits per heavy atom. The van der Waals surface area contributed by atoms with Gasteiger partial charge in [-0.25, -0.2) is 9.78 Å². The molecule has 1 aliphatic heterocycles. The molecule has 4 rings (SSSR count). The van der Waals surface area contributed by atoms with Gasteiger partial charge in [0.2, 0.25) is 0 Å². The van der Waals surface area contributed by atoms with Crippen molar-refractivity contribution in [3.63, 3.8) is 0 Å². The van der Waals surface area contributed by atoms with Crippen LogP contribution in [0.1, 0.15) is 15.4 Å². The number of hydrogen-bond acceptors (Lipinski definition) is 5. The molecule has 3 heterocycles. The lowest BCUT2D eigenvalue weighted by Gasteiger charge is -2.26. The molecule has 1 aromatic carbocycles. The number of Topliss-reactive ketones (excluding diaryl/α,β-unsaturated/α-hetero) is 1. The molecule has 0 atom stereocenters. The number of halogens is 1. The first-order valence-corrected chi connectivity index (χ1v) is 9.93. The molecule has 0 radical (unpaired) electrons. The standard InChI is InChI=1S/C19H16ClN5O3S/c20-17-6-5-16(29-17)18(27)21-7-12-9-24(11-23-12)13-1-3-14(4-2-13)25-10-15(26)8-22-19(25)28/h1-6,9,11H,7-8,10H2,(H,21,27)(H,22,28). The van der Waals surface area contributed by atoms with E-state index in [1.807, 2.05) is 22.9 Å². The summed E-state index contributed by atoms with van der Waals surface area (Å²) in [6.07, 6.45) is 3.46. The molecule has 0 saturated carbocycles. The Hall–Kier alpha value is -3.17. The molecule has 1 aliphatic rings. The van der Waals surface area contributed by atoms with E-state index >= 15 is 0 Å². The van der Waals surface area contributed by atoms with Crippen molar-refractivity contribution in [2.24, 2.45) is 0 Å². The molecule has 0 spiro atoms. The van der Waals surface area contributed by atoms with Gasteiger partial charge in [-0.15, -0.1) is 11.3 Å². The second kappa shape index (κ2) is 8.06. The maximum absolute atomic E-state index is 12.1. The topological polar surface area (TPSA) is 96.3 Å². The first-order chi connectivity index (χ1) is 14.0. The van der Waals surface area contributed by atoms with Crippen LogP contribution in [0.5, 0.6) is 0 Å². The highest BCUT2D eigenvalue weighted by molar-refractivity contribution is 7.17. The van der Waals surface area contributed by atoms with Crippen molar-refractivity contribution in [1.82, 2.24) is 20.2 Å². The molecule has 1 fully saturated rings. The summed E-state index contributed by atoms with van der Waals surface area (Å²) in [6, 6.07) is 10.3. The molecule has 8 nitrogen and oxygen atoms in total. The largest absolute Gasteiger partial charge is 0.346 e. The number of ketones is 1. The average molecular weight is 430 g/mol. The fourth-order valence-corrected chi connectivity index (χ4v) is 3.84. The number of imidazole rings is 1. The maximum Gasteiger partial charge on any atom is 0.322 e. The number of urea groups is 1. The third kappa shape index (κ3) is 4.30. The van der Waals surface area contributed by atoms with E-state index < -0.39 is 0 Å². The van der Waals surface area contributed by atoms with Crippen molar-refractivity contribution >= 4 is 46.3 Å². The van der Waals surface area contributed by atoms with E-state index in [-0.39, 0.29) is 37.4 Å². The summed E-state index contributed by atoms with van der Waals surface area (Å²) < 4.78 is 2.38. The Bertz CT molecular complexity index is 1080. The lowest BCUT2D eigenvalue weighted by molar-refractivity contribution is -0.117. The number of rotatable bonds is 5. The lowest BCUT2D eigenvalue weighted by Crippen LogP contribution is -2.51. The van der Waals surface area contributed by atoms with Gasteiger partial charge in [-0.1, -0.05) is 11.6 Å². The van der Waals surface area contributed by atoms with E-state index in [4.69, 9.17) is 11.6 Å². The summed E-state index contributed by atoms with van der Waals surface area (Å²) >= 11 is 7.07. The number of nitrogens with zero attached hydrogens (tertiary/aromatic N) is 3. The summed E-state index contributed by atoms with van der Waals surface area (Å²) in [7, 11) is 0. The number of carbonyl (C=O) groups is 3. The lowest BCUT2D eigenvalue weighted by atomic mass is 10.2. The van der Waals surface area contributed by atoms with Crippen LogP contribution in [0.25, 0.3) is 5.69 Å². The molecule has 2 N–H and O–H groups in total. The number of thiophene rings is 1. The van der Waals surface area contributed by atoms with Crippen LogP contribution in [0.15, 0.2) is 48.9 Å². The van der Waals surface area contributed by atoms with Gasteiger partial charge in [-0.2, -0.15) is 0 Å². The van der Waals surface area contributed by atoms with Crippen LogP contribution in [-0.4, -0.2) is 40.4 Å². The third-order valence-electron chi connectivity index (χ3n) is 4.34. The minimum atomic E-state index is -0.287. The molecule has 0 bridgehead atoms. The van der Waals surface area contributed by atoms with Crippen LogP contribution < -0.4 is 15.5 Å². The van der Waals surface area contributed by atoms with Crippen LogP contribution in [0.3, 0.4) is 0 Å². The second-order valence-corrected chi connectivity index (χ2v) is 8.07. The number of anilines is 1. The van der Waals surface area contributed by atoms with Gasteiger partial charge in [0, 0.05) is 17.6 Å². The minimum absolute atomic E-state index is 0.0419. The SMILES string of the molecule is O=C1CNC(=O)N(c2ccc(-n3cnc(CNC(=O)c4ccc(Cl)s4)c3)cc2)C1. The van der Waals surface area contributed by atoms with E-state index in [2.05, 4.69) is 15.6 Å².